The van der Waals surface area contributed by atoms with Gasteiger partial charge in [0.05, 0.1) is 0 Å². The van der Waals surface area contributed by atoms with E-state index in [0.717, 1.165) is 6.42 Å². The smallest absolute Gasteiger partial charge is 0.111 e. The molecule has 1 atom stereocenters. The Morgan fingerprint density at radius 1 is 1.55 bits per heavy atom. The van der Waals surface area contributed by atoms with Gasteiger partial charge in [0.2, 0.25) is 0 Å². The molecule has 1 N–H and O–H groups in total. The molecule has 11 heavy (non-hydrogen) atoms. The first kappa shape index (κ1) is 8.40. The molecule has 3 nitrogen and oxygen atoms in total. The summed E-state index contributed by atoms with van der Waals surface area (Å²) in [6, 6.07) is 0. The van der Waals surface area contributed by atoms with Crippen molar-refractivity contribution in [3.63, 3.8) is 0 Å². The fraction of sp³-hybridized carbons (Fsp3) is 0.750. The Labute approximate surface area is 67.6 Å². The number of nitrogens with zero attached hydrogens (tertiary/aromatic N) is 2. The fourth-order valence-corrected chi connectivity index (χ4v) is 1.19. The van der Waals surface area contributed by atoms with Gasteiger partial charge in [0.15, 0.2) is 0 Å². The molecule has 1 aliphatic heterocycles. The van der Waals surface area contributed by atoms with E-state index < -0.39 is 0 Å². The van der Waals surface area contributed by atoms with Crippen LogP contribution in [0.15, 0.2) is 9.98 Å². The molecular weight excluding hydrogens is 138 g/mol. The van der Waals surface area contributed by atoms with Crippen LogP contribution in [0.3, 0.4) is 0 Å². The van der Waals surface area contributed by atoms with Crippen molar-refractivity contribution in [1.29, 1.82) is 0 Å². The van der Waals surface area contributed by atoms with Gasteiger partial charge >= 0.3 is 0 Å². The lowest BCUT2D eigenvalue weighted by Gasteiger charge is -2.41. The molecule has 0 aromatic carbocycles. The van der Waals surface area contributed by atoms with Crippen molar-refractivity contribution < 1.29 is 0 Å². The molecule has 0 saturated carbocycles. The van der Waals surface area contributed by atoms with Gasteiger partial charge in [0.25, 0.3) is 0 Å². The third-order valence-corrected chi connectivity index (χ3v) is 1.72. The second kappa shape index (κ2) is 3.13. The van der Waals surface area contributed by atoms with Crippen molar-refractivity contribution in [2.45, 2.75) is 38.9 Å². The first-order chi connectivity index (χ1) is 5.14. The van der Waals surface area contributed by atoms with Gasteiger partial charge in [0, 0.05) is 18.2 Å². The maximum atomic E-state index is 4.18. The van der Waals surface area contributed by atoms with Gasteiger partial charge in [0.1, 0.15) is 12.5 Å². The van der Waals surface area contributed by atoms with Gasteiger partial charge in [-0.15, -0.1) is 0 Å². The molecule has 1 unspecified atom stereocenters. The summed E-state index contributed by atoms with van der Waals surface area (Å²) in [7, 11) is 0. The maximum absolute atomic E-state index is 4.18. The van der Waals surface area contributed by atoms with E-state index in [4.69, 9.17) is 0 Å². The second-order valence-corrected chi connectivity index (χ2v) is 3.42. The largest absolute Gasteiger partial charge is 0.291 e. The highest BCUT2D eigenvalue weighted by molar-refractivity contribution is 5.70. The molecule has 0 aliphatic carbocycles. The summed E-state index contributed by atoms with van der Waals surface area (Å²) in [6.07, 6.45) is 4.72. The Morgan fingerprint density at radius 2 is 2.18 bits per heavy atom. The summed E-state index contributed by atoms with van der Waals surface area (Å²) in [5.74, 6) is 0. The average molecular weight is 153 g/mol. The Hall–Kier alpha value is -0.700. The summed E-state index contributed by atoms with van der Waals surface area (Å²) in [4.78, 5) is 8.07. The van der Waals surface area contributed by atoms with E-state index in [2.05, 4.69) is 29.1 Å². The lowest BCUT2D eigenvalue weighted by Crippen LogP contribution is -2.58. The van der Waals surface area contributed by atoms with Crippen molar-refractivity contribution in [2.24, 2.45) is 9.98 Å². The van der Waals surface area contributed by atoms with Gasteiger partial charge in [-0.25, -0.2) is 4.99 Å². The van der Waals surface area contributed by atoms with Crippen LogP contribution in [0.2, 0.25) is 0 Å². The normalized spacial score (nSPS) is 29.5. The molecule has 1 saturated heterocycles. The van der Waals surface area contributed by atoms with E-state index in [1.165, 1.54) is 0 Å². The minimum absolute atomic E-state index is 0.276. The van der Waals surface area contributed by atoms with E-state index in [1.54, 1.807) is 12.6 Å². The Morgan fingerprint density at radius 3 is 2.64 bits per heavy atom. The minimum Gasteiger partial charge on any atom is -0.291 e. The summed E-state index contributed by atoms with van der Waals surface area (Å²) >= 11 is 0. The molecule has 1 heterocycles. The summed E-state index contributed by atoms with van der Waals surface area (Å²) in [5.41, 5.74) is 0.276. The third-order valence-electron chi connectivity index (χ3n) is 1.72. The highest BCUT2D eigenvalue weighted by Gasteiger charge is 2.34. The molecule has 0 amide bonds. The Balaban J connectivity index is 2.23. The topological polar surface area (TPSA) is 36.8 Å². The summed E-state index contributed by atoms with van der Waals surface area (Å²) in [5, 5.41) is 3.31. The Kier molecular flexibility index (Phi) is 2.39. The van der Waals surface area contributed by atoms with Gasteiger partial charge in [-0.1, -0.05) is 0 Å². The first-order valence-corrected chi connectivity index (χ1v) is 3.91. The standard InChI is InChI=1S/C8H15N3/c1-4-9-6-10-7-5-8(2,3)11-7/h4,6-7,11H,5H2,1-3H3/b9-4-,10-6?. The van der Waals surface area contributed by atoms with Gasteiger partial charge in [-0.2, -0.15) is 0 Å². The third kappa shape index (κ3) is 2.42. The number of aliphatic imine (C=N–C) groups is 2. The summed E-state index contributed by atoms with van der Waals surface area (Å²) in [6.45, 7) is 6.22. The van der Waals surface area contributed by atoms with Crippen LogP contribution in [0.25, 0.3) is 0 Å². The van der Waals surface area contributed by atoms with Crippen molar-refractivity contribution in [1.82, 2.24) is 5.32 Å². The monoisotopic (exact) mass is 153 g/mol. The minimum atomic E-state index is 0.276. The molecule has 0 radical (unpaired) electrons. The zero-order valence-electron chi connectivity index (χ0n) is 7.33. The van der Waals surface area contributed by atoms with E-state index >= 15 is 0 Å². The van der Waals surface area contributed by atoms with Crippen molar-refractivity contribution >= 4 is 12.6 Å². The number of hydrogen-bond acceptors (Lipinski definition) is 2. The first-order valence-electron chi connectivity index (χ1n) is 3.91. The molecule has 1 aliphatic rings. The van der Waals surface area contributed by atoms with E-state index in [1.807, 2.05) is 6.92 Å². The lowest BCUT2D eigenvalue weighted by molar-refractivity contribution is 0.182. The molecule has 62 valence electrons. The van der Waals surface area contributed by atoms with Crippen molar-refractivity contribution in [3.05, 3.63) is 0 Å². The van der Waals surface area contributed by atoms with Crippen LogP contribution in [-0.2, 0) is 0 Å². The molecule has 1 fully saturated rings. The maximum Gasteiger partial charge on any atom is 0.111 e. The number of rotatable bonds is 2. The molecule has 0 aromatic rings. The van der Waals surface area contributed by atoms with Crippen molar-refractivity contribution in [2.75, 3.05) is 0 Å². The Bertz CT molecular complexity index is 174. The van der Waals surface area contributed by atoms with Crippen LogP contribution < -0.4 is 5.32 Å². The molecule has 0 bridgehead atoms. The van der Waals surface area contributed by atoms with Crippen LogP contribution in [0.1, 0.15) is 27.2 Å². The molecular formula is C8H15N3. The molecule has 0 aromatic heterocycles. The highest BCUT2D eigenvalue weighted by Crippen LogP contribution is 2.23. The molecule has 1 rings (SSSR count). The second-order valence-electron chi connectivity index (χ2n) is 3.42. The van der Waals surface area contributed by atoms with Gasteiger partial charge in [-0.05, 0) is 20.8 Å². The van der Waals surface area contributed by atoms with Crippen molar-refractivity contribution in [3.8, 4) is 0 Å². The quantitative estimate of drug-likeness (QED) is 0.469. The lowest BCUT2D eigenvalue weighted by atomic mass is 9.90. The highest BCUT2D eigenvalue weighted by atomic mass is 15.2. The van der Waals surface area contributed by atoms with Crippen LogP contribution >= 0.6 is 0 Å². The zero-order valence-corrected chi connectivity index (χ0v) is 7.33. The average Bonchev–Trinajstić information content (AvgIpc) is 1.84. The van der Waals surface area contributed by atoms with Crippen LogP contribution in [0.5, 0.6) is 0 Å². The zero-order chi connectivity index (χ0) is 8.32. The molecule has 0 spiro atoms. The van der Waals surface area contributed by atoms with Crippen LogP contribution in [-0.4, -0.2) is 24.3 Å². The van der Waals surface area contributed by atoms with Gasteiger partial charge < -0.3 is 0 Å². The fourth-order valence-electron chi connectivity index (χ4n) is 1.19. The van der Waals surface area contributed by atoms with E-state index in [0.29, 0.717) is 0 Å². The van der Waals surface area contributed by atoms with E-state index in [-0.39, 0.29) is 11.7 Å². The number of nitrogens with one attached hydrogen (secondary N) is 1. The van der Waals surface area contributed by atoms with Gasteiger partial charge in [-0.3, -0.25) is 10.3 Å². The molecule has 3 heteroatoms. The van der Waals surface area contributed by atoms with Crippen LogP contribution in [0.4, 0.5) is 0 Å². The van der Waals surface area contributed by atoms with E-state index in [9.17, 15) is 0 Å². The predicted octanol–water partition coefficient (Wildman–Crippen LogP) is 1.20. The SMILES string of the molecule is C/C=N\C=NC1CC(C)(C)N1. The number of hydrogen-bond donors (Lipinski definition) is 1. The summed E-state index contributed by atoms with van der Waals surface area (Å²) < 4.78 is 0. The predicted molar refractivity (Wildman–Crippen MR) is 48.3 cm³/mol. The van der Waals surface area contributed by atoms with Crippen LogP contribution in [0, 0.1) is 0 Å².